The summed E-state index contributed by atoms with van der Waals surface area (Å²) in [6, 6.07) is 5.88. The standard InChI is InChI=1S/C15H13BrF2N2/c16-11-2-1-10-8-14(3-5-15(17,18)6-4-14)13(20-9-19)12(10)7-11/h1-2,7H,3-6,8H2/b20-13-. The summed E-state index contributed by atoms with van der Waals surface area (Å²) in [4.78, 5) is 3.99. The molecular formula is C15H13BrF2N2. The normalized spacial score (nSPS) is 24.6. The maximum Gasteiger partial charge on any atom is 0.248 e. The van der Waals surface area contributed by atoms with Gasteiger partial charge in [-0.1, -0.05) is 22.0 Å². The summed E-state index contributed by atoms with van der Waals surface area (Å²) in [5.74, 6) is -2.57. The Morgan fingerprint density at radius 1 is 1.20 bits per heavy atom. The summed E-state index contributed by atoms with van der Waals surface area (Å²) in [5.41, 5.74) is 2.37. The molecule has 3 rings (SSSR count). The fourth-order valence-corrected chi connectivity index (χ4v) is 3.76. The van der Waals surface area contributed by atoms with Crippen LogP contribution in [0.2, 0.25) is 0 Å². The third-order valence-electron chi connectivity index (χ3n) is 4.46. The molecule has 0 unspecified atom stereocenters. The fourth-order valence-electron chi connectivity index (χ4n) is 3.39. The van der Waals surface area contributed by atoms with Gasteiger partial charge in [0.05, 0.1) is 5.71 Å². The summed E-state index contributed by atoms with van der Waals surface area (Å²) in [6.45, 7) is 0. The van der Waals surface area contributed by atoms with E-state index in [1.54, 1.807) is 0 Å². The number of rotatable bonds is 0. The van der Waals surface area contributed by atoms with Crippen molar-refractivity contribution in [1.82, 2.24) is 0 Å². The largest absolute Gasteiger partial charge is 0.248 e. The Balaban J connectivity index is 2.03. The number of halogens is 3. The van der Waals surface area contributed by atoms with Crippen LogP contribution in [0.4, 0.5) is 8.78 Å². The number of nitrogens with zero attached hydrogens (tertiary/aromatic N) is 2. The van der Waals surface area contributed by atoms with Gasteiger partial charge in [0.1, 0.15) is 0 Å². The molecule has 1 fully saturated rings. The van der Waals surface area contributed by atoms with E-state index in [0.29, 0.717) is 25.0 Å². The number of hydrogen-bond donors (Lipinski definition) is 0. The van der Waals surface area contributed by atoms with Crippen LogP contribution in [0.15, 0.2) is 27.7 Å². The van der Waals surface area contributed by atoms with Crippen LogP contribution in [0.1, 0.15) is 36.8 Å². The first kappa shape index (κ1) is 13.7. The first-order valence-corrected chi connectivity index (χ1v) is 7.39. The average molecular weight is 339 g/mol. The van der Waals surface area contributed by atoms with Crippen LogP contribution >= 0.6 is 15.9 Å². The zero-order valence-corrected chi connectivity index (χ0v) is 12.4. The van der Waals surface area contributed by atoms with Gasteiger partial charge in [0, 0.05) is 28.3 Å². The van der Waals surface area contributed by atoms with Crippen LogP contribution in [0.25, 0.3) is 0 Å². The molecule has 1 aromatic rings. The van der Waals surface area contributed by atoms with Crippen molar-refractivity contribution in [2.45, 2.75) is 38.0 Å². The van der Waals surface area contributed by atoms with Crippen LogP contribution in [0.5, 0.6) is 0 Å². The molecule has 0 N–H and O–H groups in total. The minimum absolute atomic E-state index is 0.118. The third-order valence-corrected chi connectivity index (χ3v) is 4.95. The van der Waals surface area contributed by atoms with Gasteiger partial charge in [-0.25, -0.2) is 8.78 Å². The van der Waals surface area contributed by atoms with E-state index in [1.807, 2.05) is 24.4 Å². The molecule has 0 heterocycles. The van der Waals surface area contributed by atoms with Crippen molar-refractivity contribution in [1.29, 1.82) is 5.26 Å². The van der Waals surface area contributed by atoms with E-state index in [1.165, 1.54) is 0 Å². The number of hydrogen-bond acceptors (Lipinski definition) is 2. The molecule has 1 spiro atoms. The van der Waals surface area contributed by atoms with Crippen molar-refractivity contribution in [2.24, 2.45) is 10.4 Å². The molecule has 0 amide bonds. The van der Waals surface area contributed by atoms with Crippen molar-refractivity contribution in [3.63, 3.8) is 0 Å². The zero-order valence-electron chi connectivity index (χ0n) is 10.8. The van der Waals surface area contributed by atoms with E-state index in [0.717, 1.165) is 15.6 Å². The van der Waals surface area contributed by atoms with E-state index in [2.05, 4.69) is 20.9 Å². The van der Waals surface area contributed by atoms with Gasteiger partial charge in [0.25, 0.3) is 0 Å². The Kier molecular flexibility index (Phi) is 3.17. The molecule has 0 saturated heterocycles. The number of aliphatic imine (C=N–C) groups is 1. The van der Waals surface area contributed by atoms with Crippen molar-refractivity contribution < 1.29 is 8.78 Å². The molecule has 2 aliphatic rings. The van der Waals surface area contributed by atoms with Gasteiger partial charge in [-0.3, -0.25) is 0 Å². The van der Waals surface area contributed by atoms with E-state index in [4.69, 9.17) is 5.26 Å². The molecule has 104 valence electrons. The topological polar surface area (TPSA) is 36.1 Å². The molecule has 2 nitrogen and oxygen atoms in total. The lowest BCUT2D eigenvalue weighted by atomic mass is 9.70. The summed E-state index contributed by atoms with van der Waals surface area (Å²) >= 11 is 3.42. The van der Waals surface area contributed by atoms with Crippen molar-refractivity contribution in [2.75, 3.05) is 0 Å². The second-order valence-corrected chi connectivity index (χ2v) is 6.59. The summed E-state index contributed by atoms with van der Waals surface area (Å²) in [7, 11) is 0. The minimum atomic E-state index is -2.57. The Bertz CT molecular complexity index is 621. The van der Waals surface area contributed by atoms with E-state index < -0.39 is 5.92 Å². The van der Waals surface area contributed by atoms with Gasteiger partial charge in [-0.15, -0.1) is 0 Å². The van der Waals surface area contributed by atoms with E-state index in [9.17, 15) is 8.78 Å². The van der Waals surface area contributed by atoms with Crippen LogP contribution in [-0.4, -0.2) is 11.6 Å². The molecule has 5 heteroatoms. The van der Waals surface area contributed by atoms with Gasteiger partial charge in [-0.2, -0.15) is 10.3 Å². The molecular weight excluding hydrogens is 326 g/mol. The highest BCUT2D eigenvalue weighted by Crippen LogP contribution is 2.51. The summed E-state index contributed by atoms with van der Waals surface area (Å²) < 4.78 is 27.8. The monoisotopic (exact) mass is 338 g/mol. The molecule has 1 aromatic carbocycles. The van der Waals surface area contributed by atoms with Gasteiger partial charge >= 0.3 is 0 Å². The van der Waals surface area contributed by atoms with Gasteiger partial charge in [-0.05, 0) is 37.0 Å². The highest BCUT2D eigenvalue weighted by Gasteiger charge is 2.50. The summed E-state index contributed by atoms with van der Waals surface area (Å²) in [5, 5.41) is 8.94. The highest BCUT2D eigenvalue weighted by atomic mass is 79.9. The lowest BCUT2D eigenvalue weighted by Gasteiger charge is -2.37. The van der Waals surface area contributed by atoms with Crippen molar-refractivity contribution in [3.8, 4) is 6.19 Å². The number of benzene rings is 1. The Labute approximate surface area is 124 Å². The van der Waals surface area contributed by atoms with E-state index >= 15 is 0 Å². The smallest absolute Gasteiger partial charge is 0.207 e. The number of fused-ring (bicyclic) bond motifs is 1. The quantitative estimate of drug-likeness (QED) is 0.643. The molecule has 2 aliphatic carbocycles. The second kappa shape index (κ2) is 4.63. The molecule has 0 atom stereocenters. The third kappa shape index (κ3) is 2.16. The minimum Gasteiger partial charge on any atom is -0.207 e. The predicted octanol–water partition coefficient (Wildman–Crippen LogP) is 4.47. The Hall–Kier alpha value is -1.28. The maximum absolute atomic E-state index is 13.4. The first-order chi connectivity index (χ1) is 9.46. The second-order valence-electron chi connectivity index (χ2n) is 5.67. The van der Waals surface area contributed by atoms with E-state index in [-0.39, 0.29) is 18.3 Å². The van der Waals surface area contributed by atoms with Crippen LogP contribution in [-0.2, 0) is 6.42 Å². The van der Waals surface area contributed by atoms with Crippen LogP contribution in [0.3, 0.4) is 0 Å². The van der Waals surface area contributed by atoms with Crippen LogP contribution < -0.4 is 0 Å². The zero-order chi connectivity index (χ0) is 14.4. The lowest BCUT2D eigenvalue weighted by Crippen LogP contribution is -2.37. The molecule has 0 bridgehead atoms. The van der Waals surface area contributed by atoms with Crippen molar-refractivity contribution in [3.05, 3.63) is 33.8 Å². The fraction of sp³-hybridized carbons (Fsp3) is 0.467. The molecule has 20 heavy (non-hydrogen) atoms. The molecule has 0 aliphatic heterocycles. The average Bonchev–Trinajstić information content (AvgIpc) is 2.69. The van der Waals surface area contributed by atoms with Gasteiger partial charge in [0.15, 0.2) is 0 Å². The Morgan fingerprint density at radius 2 is 1.90 bits per heavy atom. The van der Waals surface area contributed by atoms with Gasteiger partial charge in [0.2, 0.25) is 12.1 Å². The molecule has 0 radical (unpaired) electrons. The Morgan fingerprint density at radius 3 is 2.55 bits per heavy atom. The number of alkyl halides is 2. The predicted molar refractivity (Wildman–Crippen MR) is 75.8 cm³/mol. The first-order valence-electron chi connectivity index (χ1n) is 6.60. The van der Waals surface area contributed by atoms with Gasteiger partial charge < -0.3 is 0 Å². The lowest BCUT2D eigenvalue weighted by molar-refractivity contribution is -0.0534. The number of nitriles is 1. The van der Waals surface area contributed by atoms with Crippen molar-refractivity contribution >= 4 is 21.6 Å². The van der Waals surface area contributed by atoms with Crippen LogP contribution in [0, 0.1) is 16.9 Å². The SMILES string of the molecule is N#C/N=C1/c2cc(Br)ccc2CC12CCC(F)(F)CC2. The maximum atomic E-state index is 13.4. The molecule has 0 aromatic heterocycles. The molecule has 1 saturated carbocycles. The highest BCUT2D eigenvalue weighted by molar-refractivity contribution is 9.10. The summed E-state index contributed by atoms with van der Waals surface area (Å²) in [6.07, 6.45) is 3.12.